The molecule has 8 nitrogen and oxygen atoms in total. The fraction of sp³-hybridized carbons (Fsp3) is 0.778. The maximum absolute atomic E-state index is 10.8. The third-order valence-electron chi connectivity index (χ3n) is 2.09. The Kier molecular flexibility index (Phi) is 5.51. The number of hydrogen-bond donors (Lipinski definition) is 3. The van der Waals surface area contributed by atoms with E-state index in [2.05, 4.69) is 25.6 Å². The average molecular weight is 277 g/mol. The summed E-state index contributed by atoms with van der Waals surface area (Å²) < 4.78 is 29.3. The molecule has 104 valence electrons. The van der Waals surface area contributed by atoms with E-state index in [0.29, 0.717) is 12.4 Å². The van der Waals surface area contributed by atoms with Crippen LogP contribution in [0.3, 0.4) is 0 Å². The molecule has 0 saturated carbocycles. The molecule has 9 heteroatoms. The molecular formula is C9H19N5O3S. The van der Waals surface area contributed by atoms with Gasteiger partial charge in [-0.3, -0.25) is 0 Å². The van der Waals surface area contributed by atoms with Crippen molar-refractivity contribution in [2.24, 2.45) is 0 Å². The van der Waals surface area contributed by atoms with E-state index in [4.69, 9.17) is 4.42 Å². The predicted molar refractivity (Wildman–Crippen MR) is 67.7 cm³/mol. The zero-order chi connectivity index (χ0) is 13.6. The zero-order valence-electron chi connectivity index (χ0n) is 10.7. The van der Waals surface area contributed by atoms with Gasteiger partial charge < -0.3 is 15.1 Å². The van der Waals surface area contributed by atoms with Gasteiger partial charge in [0.15, 0.2) is 0 Å². The van der Waals surface area contributed by atoms with Gasteiger partial charge in [0.25, 0.3) is 0 Å². The summed E-state index contributed by atoms with van der Waals surface area (Å²) in [6.45, 7) is 5.36. The largest absolute Gasteiger partial charge is 0.406 e. The van der Waals surface area contributed by atoms with Crippen molar-refractivity contribution in [1.29, 1.82) is 0 Å². The highest BCUT2D eigenvalue weighted by Gasteiger charge is 2.12. The van der Waals surface area contributed by atoms with Gasteiger partial charge in [-0.05, 0) is 13.5 Å². The minimum atomic E-state index is -3.16. The lowest BCUT2D eigenvalue weighted by Gasteiger charge is -2.06. The van der Waals surface area contributed by atoms with Crippen LogP contribution in [0, 0.1) is 0 Å². The van der Waals surface area contributed by atoms with Crippen LogP contribution in [0.1, 0.15) is 25.8 Å². The van der Waals surface area contributed by atoms with Gasteiger partial charge in [0.05, 0.1) is 12.3 Å². The first kappa shape index (κ1) is 14.9. The van der Waals surface area contributed by atoms with E-state index in [1.165, 1.54) is 0 Å². The number of nitrogens with zero attached hydrogens (tertiary/aromatic N) is 2. The standard InChI is InChI=1S/C9H19N5O3S/c1-4-10-7(2)8-13-14-9(17-8)11-5-6-12-18(3,15)16/h7,10,12H,4-6H2,1-3H3,(H,11,14). The average Bonchev–Trinajstić information content (AvgIpc) is 2.72. The Morgan fingerprint density at radius 1 is 1.33 bits per heavy atom. The summed E-state index contributed by atoms with van der Waals surface area (Å²) in [7, 11) is -3.16. The lowest BCUT2D eigenvalue weighted by molar-refractivity contribution is 0.429. The van der Waals surface area contributed by atoms with Crippen LogP contribution < -0.4 is 15.4 Å². The summed E-state index contributed by atoms with van der Waals surface area (Å²) in [4.78, 5) is 0. The second kappa shape index (κ2) is 6.66. The molecule has 0 fully saturated rings. The number of rotatable bonds is 8. The van der Waals surface area contributed by atoms with Gasteiger partial charge in [-0.1, -0.05) is 12.0 Å². The number of sulfonamides is 1. The Balaban J connectivity index is 2.35. The van der Waals surface area contributed by atoms with E-state index >= 15 is 0 Å². The normalized spacial score (nSPS) is 13.5. The van der Waals surface area contributed by atoms with Crippen molar-refractivity contribution in [2.45, 2.75) is 19.9 Å². The molecule has 1 rings (SSSR count). The van der Waals surface area contributed by atoms with Gasteiger partial charge in [-0.15, -0.1) is 5.10 Å². The van der Waals surface area contributed by atoms with E-state index in [-0.39, 0.29) is 18.6 Å². The van der Waals surface area contributed by atoms with Gasteiger partial charge in [-0.25, -0.2) is 13.1 Å². The van der Waals surface area contributed by atoms with Crippen molar-refractivity contribution in [3.63, 3.8) is 0 Å². The molecule has 1 unspecified atom stereocenters. The second-order valence-electron chi connectivity index (χ2n) is 3.82. The SMILES string of the molecule is CCNC(C)c1nnc(NCCNS(C)(=O)=O)o1. The molecular weight excluding hydrogens is 258 g/mol. The highest BCUT2D eigenvalue weighted by molar-refractivity contribution is 7.88. The Labute approximate surface area is 107 Å². The molecule has 0 aromatic carbocycles. The fourth-order valence-electron chi connectivity index (χ4n) is 1.28. The quantitative estimate of drug-likeness (QED) is 0.560. The Morgan fingerprint density at radius 3 is 2.67 bits per heavy atom. The molecule has 0 aliphatic rings. The van der Waals surface area contributed by atoms with Gasteiger partial charge >= 0.3 is 6.01 Å². The molecule has 0 aliphatic heterocycles. The number of nitrogens with one attached hydrogen (secondary N) is 3. The zero-order valence-corrected chi connectivity index (χ0v) is 11.5. The topological polar surface area (TPSA) is 109 Å². The van der Waals surface area contributed by atoms with Crippen molar-refractivity contribution in [1.82, 2.24) is 20.2 Å². The molecule has 1 aromatic heterocycles. The van der Waals surface area contributed by atoms with Crippen molar-refractivity contribution in [3.8, 4) is 0 Å². The Hall–Kier alpha value is -1.19. The minimum absolute atomic E-state index is 0.00723. The van der Waals surface area contributed by atoms with Crippen LogP contribution in [0.5, 0.6) is 0 Å². The van der Waals surface area contributed by atoms with Crippen LogP contribution >= 0.6 is 0 Å². The van der Waals surface area contributed by atoms with E-state index in [1.807, 2.05) is 13.8 Å². The van der Waals surface area contributed by atoms with Crippen molar-refractivity contribution >= 4 is 16.0 Å². The third-order valence-corrected chi connectivity index (χ3v) is 2.82. The Bertz CT molecular complexity index is 459. The molecule has 1 heterocycles. The van der Waals surface area contributed by atoms with Gasteiger partial charge in [0, 0.05) is 13.1 Å². The summed E-state index contributed by atoms with van der Waals surface area (Å²) in [6, 6.07) is 0.275. The smallest absolute Gasteiger partial charge is 0.315 e. The molecule has 0 aliphatic carbocycles. The lowest BCUT2D eigenvalue weighted by atomic mass is 10.3. The maximum Gasteiger partial charge on any atom is 0.315 e. The summed E-state index contributed by atoms with van der Waals surface area (Å²) in [6.07, 6.45) is 1.11. The molecule has 1 aromatic rings. The summed E-state index contributed by atoms with van der Waals surface area (Å²) in [5.41, 5.74) is 0. The van der Waals surface area contributed by atoms with E-state index in [1.54, 1.807) is 0 Å². The molecule has 3 N–H and O–H groups in total. The second-order valence-corrected chi connectivity index (χ2v) is 5.65. The highest BCUT2D eigenvalue weighted by Crippen LogP contribution is 2.12. The summed E-state index contributed by atoms with van der Waals surface area (Å²) in [5.74, 6) is 0.496. The third kappa shape index (κ3) is 5.43. The van der Waals surface area contributed by atoms with E-state index < -0.39 is 10.0 Å². The van der Waals surface area contributed by atoms with Crippen LogP contribution in [0.2, 0.25) is 0 Å². The number of anilines is 1. The van der Waals surface area contributed by atoms with Crippen molar-refractivity contribution in [2.75, 3.05) is 31.2 Å². The van der Waals surface area contributed by atoms with E-state index in [0.717, 1.165) is 12.8 Å². The number of aromatic nitrogens is 2. The summed E-state index contributed by atoms with van der Waals surface area (Å²) >= 11 is 0. The molecule has 1 atom stereocenters. The van der Waals surface area contributed by atoms with Crippen LogP contribution in [0.15, 0.2) is 4.42 Å². The van der Waals surface area contributed by atoms with Crippen molar-refractivity contribution < 1.29 is 12.8 Å². The van der Waals surface area contributed by atoms with Crippen LogP contribution in [0.25, 0.3) is 0 Å². The van der Waals surface area contributed by atoms with Crippen LogP contribution in [-0.4, -0.2) is 44.5 Å². The van der Waals surface area contributed by atoms with Crippen LogP contribution in [0.4, 0.5) is 6.01 Å². The molecule has 18 heavy (non-hydrogen) atoms. The monoisotopic (exact) mass is 277 g/mol. The van der Waals surface area contributed by atoms with Crippen LogP contribution in [-0.2, 0) is 10.0 Å². The molecule has 0 saturated heterocycles. The predicted octanol–water partition coefficient (Wildman–Crippen LogP) is -0.299. The van der Waals surface area contributed by atoms with Gasteiger partial charge in [-0.2, -0.15) is 0 Å². The first-order valence-electron chi connectivity index (χ1n) is 5.67. The molecule has 0 spiro atoms. The van der Waals surface area contributed by atoms with Gasteiger partial charge in [0.1, 0.15) is 0 Å². The molecule has 0 radical (unpaired) electrons. The lowest BCUT2D eigenvalue weighted by Crippen LogP contribution is -2.27. The molecule has 0 bridgehead atoms. The van der Waals surface area contributed by atoms with E-state index in [9.17, 15) is 8.42 Å². The Morgan fingerprint density at radius 2 is 2.06 bits per heavy atom. The van der Waals surface area contributed by atoms with Crippen molar-refractivity contribution in [3.05, 3.63) is 5.89 Å². The van der Waals surface area contributed by atoms with Gasteiger partial charge in [0.2, 0.25) is 15.9 Å². The molecule has 0 amide bonds. The highest BCUT2D eigenvalue weighted by atomic mass is 32.2. The minimum Gasteiger partial charge on any atom is -0.406 e. The first-order chi connectivity index (χ1) is 8.42. The summed E-state index contributed by atoms with van der Waals surface area (Å²) in [5, 5.41) is 13.7. The maximum atomic E-state index is 10.8. The number of hydrogen-bond acceptors (Lipinski definition) is 7. The first-order valence-corrected chi connectivity index (χ1v) is 7.57. The fourth-order valence-corrected chi connectivity index (χ4v) is 1.75.